The van der Waals surface area contributed by atoms with Crippen LogP contribution in [0.1, 0.15) is 51.0 Å². The van der Waals surface area contributed by atoms with Gasteiger partial charge in [0.25, 0.3) is 0 Å². The number of halogens is 1. The number of aliphatic hydroxyl groups excluding tert-OH is 2. The Labute approximate surface area is 216 Å². The summed E-state index contributed by atoms with van der Waals surface area (Å²) in [6.45, 7) is 2.26. The highest BCUT2D eigenvalue weighted by molar-refractivity contribution is 5.90. The number of aromatic nitrogens is 1. The minimum absolute atomic E-state index is 0.0255. The number of allylic oxidation sites excluding steroid dienone is 2. The van der Waals surface area contributed by atoms with Gasteiger partial charge in [-0.25, -0.2) is 9.37 Å². The van der Waals surface area contributed by atoms with E-state index >= 15 is 4.39 Å². The Kier molecular flexibility index (Phi) is 4.76. The van der Waals surface area contributed by atoms with Crippen molar-refractivity contribution in [1.29, 1.82) is 0 Å². The van der Waals surface area contributed by atoms with E-state index in [9.17, 15) is 15.3 Å². The van der Waals surface area contributed by atoms with Gasteiger partial charge < -0.3 is 25.0 Å². The summed E-state index contributed by atoms with van der Waals surface area (Å²) in [5.41, 5.74) is -0.777. The maximum atomic E-state index is 17.2. The first-order valence-electron chi connectivity index (χ1n) is 13.5. The summed E-state index contributed by atoms with van der Waals surface area (Å²) in [6, 6.07) is 7.69. The fraction of sp³-hybridized carbons (Fsp3) is 0.567. The lowest BCUT2D eigenvalue weighted by Crippen LogP contribution is -2.68. The van der Waals surface area contributed by atoms with Crippen molar-refractivity contribution in [2.24, 2.45) is 11.3 Å². The lowest BCUT2D eigenvalue weighted by Gasteiger charge is -2.60. The molecule has 0 radical (unpaired) electrons. The van der Waals surface area contributed by atoms with Crippen molar-refractivity contribution in [1.82, 2.24) is 9.88 Å². The SMILES string of the molecule is CN(C)[C@H]1C[C@@]23CC[C@]4(O2)C2CC=C(c5ccc6c(O)nccc6c5)[C@@]2(C)CCC4(F)C=C3[C@@H](O)[C@@H]1O. The molecule has 6 nitrogen and oxygen atoms in total. The van der Waals surface area contributed by atoms with E-state index in [0.29, 0.717) is 37.7 Å². The molecule has 2 spiro atoms. The van der Waals surface area contributed by atoms with Gasteiger partial charge in [0.05, 0.1) is 11.7 Å². The molecule has 7 rings (SSSR count). The third-order valence-electron chi connectivity index (χ3n) is 10.7. The summed E-state index contributed by atoms with van der Waals surface area (Å²) in [5.74, 6) is -0.00756. The highest BCUT2D eigenvalue weighted by atomic mass is 19.1. The van der Waals surface area contributed by atoms with Gasteiger partial charge in [0.1, 0.15) is 11.7 Å². The lowest BCUT2D eigenvalue weighted by molar-refractivity contribution is -0.239. The molecule has 2 bridgehead atoms. The second kappa shape index (κ2) is 7.41. The summed E-state index contributed by atoms with van der Waals surface area (Å²) < 4.78 is 24.2. The van der Waals surface area contributed by atoms with E-state index in [1.807, 2.05) is 37.2 Å². The largest absolute Gasteiger partial charge is 0.493 e. The predicted molar refractivity (Wildman–Crippen MR) is 139 cm³/mol. The molecule has 0 amide bonds. The summed E-state index contributed by atoms with van der Waals surface area (Å²) in [7, 11) is 3.81. The van der Waals surface area contributed by atoms with Crippen molar-refractivity contribution in [3.05, 3.63) is 53.8 Å². The zero-order valence-electron chi connectivity index (χ0n) is 21.6. The molecule has 1 aromatic heterocycles. The van der Waals surface area contributed by atoms with Crippen molar-refractivity contribution in [3.63, 3.8) is 0 Å². The van der Waals surface area contributed by atoms with Crippen LogP contribution in [0.4, 0.5) is 4.39 Å². The molecular weight excluding hydrogens is 471 g/mol. The topological polar surface area (TPSA) is 86.1 Å². The number of nitrogens with zero attached hydrogens (tertiary/aromatic N) is 2. The number of likely N-dealkylation sites (N-methyl/N-ethyl adjacent to an activating group) is 1. The molecule has 3 heterocycles. The third kappa shape index (κ3) is 2.86. The first-order valence-corrected chi connectivity index (χ1v) is 13.5. The molecule has 2 aromatic rings. The summed E-state index contributed by atoms with van der Waals surface area (Å²) in [6.07, 6.45) is 6.98. The first-order chi connectivity index (χ1) is 17.5. The molecule has 3 fully saturated rings. The monoisotopic (exact) mass is 506 g/mol. The van der Waals surface area contributed by atoms with Crippen LogP contribution in [0, 0.1) is 11.3 Å². The smallest absolute Gasteiger partial charge is 0.218 e. The van der Waals surface area contributed by atoms with Crippen LogP contribution in [0.15, 0.2) is 48.2 Å². The number of fused-ring (bicyclic) bond motifs is 2. The van der Waals surface area contributed by atoms with Crippen LogP contribution in [0.2, 0.25) is 0 Å². The molecule has 8 atom stereocenters. The van der Waals surface area contributed by atoms with Crippen LogP contribution in [-0.4, -0.2) is 74.4 Å². The standard InChI is InChI=1S/C30H35FN2O4/c1-27-9-11-29(31)15-21-24(34)25(35)22(33(2)3)16-28(21)10-12-30(29,37-28)23(27)7-6-20(27)18-4-5-19-17(14-18)8-13-32-26(19)36/h4-6,8,13-15,22-25,34-35H,7,9-12,16H2,1-3H3,(H,32,36)/t22-,23?,24+,25+,27+,28+,29?,30-/m0/s1. The van der Waals surface area contributed by atoms with E-state index in [0.717, 1.165) is 22.8 Å². The van der Waals surface area contributed by atoms with Gasteiger partial charge >= 0.3 is 0 Å². The van der Waals surface area contributed by atoms with Crippen molar-refractivity contribution >= 4 is 16.3 Å². The van der Waals surface area contributed by atoms with Gasteiger partial charge in [-0.15, -0.1) is 0 Å². The Bertz CT molecular complexity index is 1370. The van der Waals surface area contributed by atoms with E-state index in [1.54, 1.807) is 12.3 Å². The van der Waals surface area contributed by atoms with E-state index in [-0.39, 0.29) is 23.3 Å². The lowest BCUT2D eigenvalue weighted by atomic mass is 9.53. The number of aromatic hydroxyl groups is 1. The van der Waals surface area contributed by atoms with Crippen molar-refractivity contribution in [3.8, 4) is 5.88 Å². The highest BCUT2D eigenvalue weighted by Crippen LogP contribution is 2.71. The van der Waals surface area contributed by atoms with Crippen LogP contribution in [0.3, 0.4) is 0 Å². The Hall–Kier alpha value is -2.32. The van der Waals surface area contributed by atoms with Crippen molar-refractivity contribution in [2.45, 2.75) is 80.6 Å². The van der Waals surface area contributed by atoms with Crippen molar-refractivity contribution < 1.29 is 24.4 Å². The number of hydrogen-bond donors (Lipinski definition) is 3. The van der Waals surface area contributed by atoms with Gasteiger partial charge in [-0.3, -0.25) is 0 Å². The minimum atomic E-state index is -1.68. The second-order valence-electron chi connectivity index (χ2n) is 12.5. The van der Waals surface area contributed by atoms with E-state index in [1.165, 1.54) is 5.57 Å². The molecule has 2 saturated carbocycles. The second-order valence-corrected chi connectivity index (χ2v) is 12.5. The Morgan fingerprint density at radius 3 is 2.70 bits per heavy atom. The fourth-order valence-corrected chi connectivity index (χ4v) is 8.76. The summed E-state index contributed by atoms with van der Waals surface area (Å²) in [4.78, 5) is 5.93. The van der Waals surface area contributed by atoms with Crippen LogP contribution >= 0.6 is 0 Å². The van der Waals surface area contributed by atoms with Gasteiger partial charge in [-0.1, -0.05) is 19.1 Å². The Morgan fingerprint density at radius 1 is 1.11 bits per heavy atom. The molecule has 196 valence electrons. The van der Waals surface area contributed by atoms with Crippen LogP contribution in [0.25, 0.3) is 16.3 Å². The zero-order chi connectivity index (χ0) is 26.0. The minimum Gasteiger partial charge on any atom is -0.493 e. The quantitative estimate of drug-likeness (QED) is 0.531. The maximum Gasteiger partial charge on any atom is 0.218 e. The molecule has 1 saturated heterocycles. The number of hydrogen-bond acceptors (Lipinski definition) is 6. The van der Waals surface area contributed by atoms with E-state index in [2.05, 4.69) is 24.1 Å². The molecular formula is C30H35FN2O4. The van der Waals surface area contributed by atoms with Crippen LogP contribution in [-0.2, 0) is 4.74 Å². The molecule has 3 aliphatic carbocycles. The molecule has 3 N–H and O–H groups in total. The van der Waals surface area contributed by atoms with Gasteiger partial charge in [0.2, 0.25) is 5.88 Å². The summed E-state index contributed by atoms with van der Waals surface area (Å²) in [5, 5.41) is 33.8. The van der Waals surface area contributed by atoms with E-state index in [4.69, 9.17) is 4.74 Å². The maximum absolute atomic E-state index is 17.2. The molecule has 5 aliphatic rings. The van der Waals surface area contributed by atoms with Crippen molar-refractivity contribution in [2.75, 3.05) is 14.1 Å². The zero-order valence-corrected chi connectivity index (χ0v) is 21.6. The van der Waals surface area contributed by atoms with Gasteiger partial charge in [-0.05, 0) is 104 Å². The molecule has 2 aliphatic heterocycles. The number of alkyl halides is 1. The first kappa shape index (κ1) is 23.8. The van der Waals surface area contributed by atoms with E-state index < -0.39 is 29.1 Å². The highest BCUT2D eigenvalue weighted by Gasteiger charge is 2.74. The molecule has 1 aromatic carbocycles. The van der Waals surface area contributed by atoms with Crippen LogP contribution in [0.5, 0.6) is 5.88 Å². The summed E-state index contributed by atoms with van der Waals surface area (Å²) >= 11 is 0. The average Bonchev–Trinajstić information content (AvgIpc) is 3.40. The average molecular weight is 507 g/mol. The van der Waals surface area contributed by atoms with Gasteiger partial charge in [-0.2, -0.15) is 0 Å². The number of benzene rings is 1. The third-order valence-corrected chi connectivity index (χ3v) is 10.7. The van der Waals surface area contributed by atoms with Crippen LogP contribution < -0.4 is 0 Å². The number of ether oxygens (including phenoxy) is 1. The predicted octanol–water partition coefficient (Wildman–Crippen LogP) is 4.14. The molecule has 2 unspecified atom stereocenters. The Morgan fingerprint density at radius 2 is 1.92 bits per heavy atom. The number of aliphatic hydroxyl groups is 2. The fourth-order valence-electron chi connectivity index (χ4n) is 8.76. The normalized spacial score (nSPS) is 44.3. The number of rotatable bonds is 2. The molecule has 37 heavy (non-hydrogen) atoms. The number of pyridine rings is 1. The molecule has 7 heteroatoms. The van der Waals surface area contributed by atoms with Gasteiger partial charge in [0, 0.05) is 23.5 Å². The Balaban J connectivity index is 1.30. The van der Waals surface area contributed by atoms with Gasteiger partial charge in [0.15, 0.2) is 5.67 Å².